The van der Waals surface area contributed by atoms with Crippen LogP contribution >= 0.6 is 0 Å². The molecule has 0 bridgehead atoms. The zero-order valence-corrected chi connectivity index (χ0v) is 18.3. The summed E-state index contributed by atoms with van der Waals surface area (Å²) >= 11 is 0. The number of nitrogens with zero attached hydrogens (tertiary/aromatic N) is 3. The van der Waals surface area contributed by atoms with Crippen molar-refractivity contribution in [1.82, 2.24) is 14.5 Å². The number of benzene rings is 1. The molecule has 0 saturated heterocycles. The molecule has 3 rings (SSSR count). The van der Waals surface area contributed by atoms with E-state index >= 15 is 0 Å². The lowest BCUT2D eigenvalue weighted by Crippen LogP contribution is -2.31. The second-order valence-electron chi connectivity index (χ2n) is 7.58. The summed E-state index contributed by atoms with van der Waals surface area (Å²) < 4.78 is 33.2. The van der Waals surface area contributed by atoms with Gasteiger partial charge in [0.2, 0.25) is 15.0 Å². The fourth-order valence-electron chi connectivity index (χ4n) is 3.26. The summed E-state index contributed by atoms with van der Waals surface area (Å²) in [4.78, 5) is 18.6. The SMILES string of the molecule is CCN(Cc1cnc(S(=O)(=O)Cc2ccccc2)n1CC(C)C)C(=O)c1ccco1. The van der Waals surface area contributed by atoms with Gasteiger partial charge in [-0.1, -0.05) is 44.2 Å². The van der Waals surface area contributed by atoms with Gasteiger partial charge in [0.25, 0.3) is 5.91 Å². The van der Waals surface area contributed by atoms with E-state index in [2.05, 4.69) is 4.98 Å². The largest absolute Gasteiger partial charge is 0.459 e. The van der Waals surface area contributed by atoms with Gasteiger partial charge in [0, 0.05) is 13.1 Å². The van der Waals surface area contributed by atoms with E-state index in [0.29, 0.717) is 24.3 Å². The minimum absolute atomic E-state index is 0.0385. The first-order valence-corrected chi connectivity index (χ1v) is 11.6. The molecule has 0 atom stereocenters. The predicted molar refractivity (Wildman–Crippen MR) is 114 cm³/mol. The van der Waals surface area contributed by atoms with Crippen molar-refractivity contribution in [3.8, 4) is 0 Å². The van der Waals surface area contributed by atoms with Gasteiger partial charge >= 0.3 is 0 Å². The molecule has 2 heterocycles. The molecule has 0 spiro atoms. The monoisotopic (exact) mass is 429 g/mol. The second kappa shape index (κ2) is 9.30. The molecule has 1 aromatic carbocycles. The minimum Gasteiger partial charge on any atom is -0.459 e. The molecule has 0 unspecified atom stereocenters. The van der Waals surface area contributed by atoms with E-state index in [0.717, 1.165) is 0 Å². The molecule has 3 aromatic rings. The van der Waals surface area contributed by atoms with Crippen LogP contribution < -0.4 is 0 Å². The Morgan fingerprint density at radius 3 is 2.50 bits per heavy atom. The Labute approximate surface area is 177 Å². The minimum atomic E-state index is -3.64. The van der Waals surface area contributed by atoms with Crippen LogP contribution in [0.3, 0.4) is 0 Å². The third kappa shape index (κ3) is 4.99. The molecule has 2 aromatic heterocycles. The van der Waals surface area contributed by atoms with Gasteiger partial charge in [-0.05, 0) is 30.5 Å². The molecule has 0 saturated carbocycles. The van der Waals surface area contributed by atoms with Gasteiger partial charge in [0.1, 0.15) is 0 Å². The second-order valence-corrected chi connectivity index (χ2v) is 9.46. The smallest absolute Gasteiger partial charge is 0.289 e. The van der Waals surface area contributed by atoms with Crippen LogP contribution in [0.5, 0.6) is 0 Å². The van der Waals surface area contributed by atoms with Gasteiger partial charge in [-0.2, -0.15) is 0 Å². The van der Waals surface area contributed by atoms with Gasteiger partial charge in [-0.15, -0.1) is 0 Å². The summed E-state index contributed by atoms with van der Waals surface area (Å²) in [5, 5.41) is 0.0385. The summed E-state index contributed by atoms with van der Waals surface area (Å²) in [6.07, 6.45) is 3.01. The Hall–Kier alpha value is -2.87. The van der Waals surface area contributed by atoms with E-state index in [-0.39, 0.29) is 35.0 Å². The van der Waals surface area contributed by atoms with Crippen LogP contribution in [0.2, 0.25) is 0 Å². The maximum absolute atomic E-state index is 13.1. The molecule has 7 nitrogen and oxygen atoms in total. The molecule has 0 aliphatic heterocycles. The number of furan rings is 1. The van der Waals surface area contributed by atoms with Crippen molar-refractivity contribution in [2.24, 2.45) is 5.92 Å². The van der Waals surface area contributed by atoms with E-state index in [4.69, 9.17) is 4.42 Å². The first-order chi connectivity index (χ1) is 14.3. The number of imidazole rings is 1. The zero-order valence-electron chi connectivity index (χ0n) is 17.5. The first kappa shape index (κ1) is 21.8. The standard InChI is InChI=1S/C22H27N3O4S/c1-4-24(21(26)20-11-8-12-29-20)15-19-13-23-22(25(19)14-17(2)3)30(27,28)16-18-9-6-5-7-10-18/h5-13,17H,4,14-16H2,1-3H3. The highest BCUT2D eigenvalue weighted by molar-refractivity contribution is 7.90. The lowest BCUT2D eigenvalue weighted by atomic mass is 10.2. The molecule has 8 heteroatoms. The van der Waals surface area contributed by atoms with E-state index in [1.165, 1.54) is 6.26 Å². The van der Waals surface area contributed by atoms with Crippen molar-refractivity contribution in [3.05, 3.63) is 71.9 Å². The Balaban J connectivity index is 1.92. The van der Waals surface area contributed by atoms with Crippen LogP contribution in [-0.4, -0.2) is 35.3 Å². The first-order valence-electron chi connectivity index (χ1n) is 9.95. The summed E-state index contributed by atoms with van der Waals surface area (Å²) in [7, 11) is -3.64. The number of carbonyl (C=O) groups excluding carboxylic acids is 1. The molecular formula is C22H27N3O4S. The quantitative estimate of drug-likeness (QED) is 0.517. The Bertz CT molecular complexity index is 1070. The maximum atomic E-state index is 13.1. The maximum Gasteiger partial charge on any atom is 0.289 e. The van der Waals surface area contributed by atoms with Crippen LogP contribution in [0.1, 0.15) is 42.6 Å². The van der Waals surface area contributed by atoms with Crippen LogP contribution in [0, 0.1) is 5.92 Å². The predicted octanol–water partition coefficient (Wildman–Crippen LogP) is 3.77. The highest BCUT2D eigenvalue weighted by atomic mass is 32.2. The van der Waals surface area contributed by atoms with Gasteiger partial charge in [-0.3, -0.25) is 4.79 Å². The Morgan fingerprint density at radius 2 is 1.90 bits per heavy atom. The summed E-state index contributed by atoms with van der Waals surface area (Å²) in [6.45, 7) is 7.10. The number of carbonyl (C=O) groups is 1. The van der Waals surface area contributed by atoms with E-state index in [1.54, 1.807) is 39.9 Å². The zero-order chi connectivity index (χ0) is 21.7. The molecule has 30 heavy (non-hydrogen) atoms. The highest BCUT2D eigenvalue weighted by Crippen LogP contribution is 2.21. The number of hydrogen-bond donors (Lipinski definition) is 0. The molecule has 0 aliphatic rings. The highest BCUT2D eigenvalue weighted by Gasteiger charge is 2.26. The third-order valence-corrected chi connectivity index (χ3v) is 6.28. The van der Waals surface area contributed by atoms with Crippen LogP contribution in [0.25, 0.3) is 0 Å². The van der Waals surface area contributed by atoms with Gasteiger partial charge in [0.05, 0.1) is 30.5 Å². The van der Waals surface area contributed by atoms with Crippen molar-refractivity contribution in [1.29, 1.82) is 0 Å². The van der Waals surface area contributed by atoms with Crippen molar-refractivity contribution in [3.63, 3.8) is 0 Å². The number of aromatic nitrogens is 2. The summed E-state index contributed by atoms with van der Waals surface area (Å²) in [5.74, 6) is 0.0993. The third-order valence-electron chi connectivity index (χ3n) is 4.68. The normalized spacial score (nSPS) is 11.7. The molecule has 0 fully saturated rings. The fraction of sp³-hybridized carbons (Fsp3) is 0.364. The average molecular weight is 430 g/mol. The molecule has 0 radical (unpaired) electrons. The number of rotatable bonds is 9. The van der Waals surface area contributed by atoms with Crippen LogP contribution in [0.4, 0.5) is 0 Å². The van der Waals surface area contributed by atoms with Crippen LogP contribution in [-0.2, 0) is 28.7 Å². The lowest BCUT2D eigenvalue weighted by molar-refractivity contribution is 0.0716. The van der Waals surface area contributed by atoms with Gasteiger partial charge in [0.15, 0.2) is 5.76 Å². The average Bonchev–Trinajstić information content (AvgIpc) is 3.36. The molecule has 1 amide bonds. The van der Waals surface area contributed by atoms with Gasteiger partial charge < -0.3 is 13.9 Å². The molecular weight excluding hydrogens is 402 g/mol. The van der Waals surface area contributed by atoms with E-state index < -0.39 is 9.84 Å². The Morgan fingerprint density at radius 1 is 1.17 bits per heavy atom. The molecule has 0 N–H and O–H groups in total. The summed E-state index contributed by atoms with van der Waals surface area (Å²) in [6, 6.07) is 12.3. The summed E-state index contributed by atoms with van der Waals surface area (Å²) in [5.41, 5.74) is 1.39. The number of sulfone groups is 1. The fourth-order valence-corrected chi connectivity index (χ4v) is 4.77. The molecule has 0 aliphatic carbocycles. The van der Waals surface area contributed by atoms with Crippen molar-refractivity contribution in [2.45, 2.75) is 44.8 Å². The number of hydrogen-bond acceptors (Lipinski definition) is 5. The number of amides is 1. The van der Waals surface area contributed by atoms with E-state index in [9.17, 15) is 13.2 Å². The van der Waals surface area contributed by atoms with Gasteiger partial charge in [-0.25, -0.2) is 13.4 Å². The lowest BCUT2D eigenvalue weighted by Gasteiger charge is -2.21. The van der Waals surface area contributed by atoms with Crippen molar-refractivity contribution in [2.75, 3.05) is 6.54 Å². The Kier molecular flexibility index (Phi) is 6.77. The molecule has 160 valence electrons. The van der Waals surface area contributed by atoms with Crippen LogP contribution in [0.15, 0.2) is 64.5 Å². The van der Waals surface area contributed by atoms with Crippen molar-refractivity contribution < 1.29 is 17.6 Å². The van der Waals surface area contributed by atoms with Crippen molar-refractivity contribution >= 4 is 15.7 Å². The van der Waals surface area contributed by atoms with E-state index in [1.807, 2.05) is 39.0 Å². The topological polar surface area (TPSA) is 85.4 Å².